The zero-order chi connectivity index (χ0) is 14.9. The standard InChI is InChI=1S/C15H13F3O2/c1-15(19,10-4-3-5-12(17)14(10)18)11-8-9(16)6-7-13(11)20-2/h3-8,19H,1-2H3. The van der Waals surface area contributed by atoms with Crippen molar-refractivity contribution >= 4 is 0 Å². The highest BCUT2D eigenvalue weighted by Crippen LogP contribution is 2.37. The maximum Gasteiger partial charge on any atom is 0.165 e. The Morgan fingerprint density at radius 3 is 2.40 bits per heavy atom. The van der Waals surface area contributed by atoms with E-state index in [2.05, 4.69) is 0 Å². The zero-order valence-corrected chi connectivity index (χ0v) is 11.0. The van der Waals surface area contributed by atoms with Crippen molar-refractivity contribution in [3.63, 3.8) is 0 Å². The van der Waals surface area contributed by atoms with Gasteiger partial charge in [0.1, 0.15) is 17.2 Å². The van der Waals surface area contributed by atoms with Crippen molar-refractivity contribution in [1.29, 1.82) is 0 Å². The third-order valence-electron chi connectivity index (χ3n) is 3.16. The Morgan fingerprint density at radius 1 is 1.05 bits per heavy atom. The molecule has 5 heteroatoms. The monoisotopic (exact) mass is 282 g/mol. The Morgan fingerprint density at radius 2 is 1.75 bits per heavy atom. The first-order valence-corrected chi connectivity index (χ1v) is 5.88. The van der Waals surface area contributed by atoms with E-state index in [1.54, 1.807) is 0 Å². The van der Waals surface area contributed by atoms with Crippen molar-refractivity contribution in [2.75, 3.05) is 7.11 Å². The second-order valence-corrected chi connectivity index (χ2v) is 4.52. The van der Waals surface area contributed by atoms with Crippen LogP contribution >= 0.6 is 0 Å². The summed E-state index contributed by atoms with van der Waals surface area (Å²) in [7, 11) is 1.34. The third-order valence-corrected chi connectivity index (χ3v) is 3.16. The lowest BCUT2D eigenvalue weighted by molar-refractivity contribution is 0.0934. The number of benzene rings is 2. The van der Waals surface area contributed by atoms with Crippen LogP contribution in [0.15, 0.2) is 36.4 Å². The molecule has 0 aliphatic carbocycles. The Bertz CT molecular complexity index is 639. The molecule has 1 unspecified atom stereocenters. The first kappa shape index (κ1) is 14.4. The van der Waals surface area contributed by atoms with Gasteiger partial charge in [0, 0.05) is 11.1 Å². The molecule has 0 saturated carbocycles. The van der Waals surface area contributed by atoms with Gasteiger partial charge in [-0.15, -0.1) is 0 Å². The van der Waals surface area contributed by atoms with E-state index < -0.39 is 23.1 Å². The van der Waals surface area contributed by atoms with E-state index in [9.17, 15) is 18.3 Å². The molecule has 0 aliphatic rings. The van der Waals surface area contributed by atoms with E-state index >= 15 is 0 Å². The third kappa shape index (κ3) is 2.36. The zero-order valence-electron chi connectivity index (χ0n) is 11.0. The van der Waals surface area contributed by atoms with Gasteiger partial charge in [0.25, 0.3) is 0 Å². The molecule has 20 heavy (non-hydrogen) atoms. The molecule has 1 N–H and O–H groups in total. The molecule has 0 saturated heterocycles. The number of methoxy groups -OCH3 is 1. The molecule has 2 aromatic rings. The van der Waals surface area contributed by atoms with Crippen molar-refractivity contribution in [2.45, 2.75) is 12.5 Å². The molecule has 2 rings (SSSR count). The van der Waals surface area contributed by atoms with Crippen molar-refractivity contribution in [2.24, 2.45) is 0 Å². The van der Waals surface area contributed by atoms with Crippen LogP contribution in [0, 0.1) is 17.5 Å². The Labute approximate surface area is 114 Å². The molecular weight excluding hydrogens is 269 g/mol. The van der Waals surface area contributed by atoms with Crippen LogP contribution in [0.1, 0.15) is 18.1 Å². The number of halogens is 3. The van der Waals surface area contributed by atoms with Crippen LogP contribution in [0.5, 0.6) is 5.75 Å². The van der Waals surface area contributed by atoms with Crippen LogP contribution < -0.4 is 4.74 Å². The molecule has 1 atom stereocenters. The highest BCUT2D eigenvalue weighted by Gasteiger charge is 2.33. The summed E-state index contributed by atoms with van der Waals surface area (Å²) in [4.78, 5) is 0. The summed E-state index contributed by atoms with van der Waals surface area (Å²) < 4.78 is 45.6. The Balaban J connectivity index is 2.66. The fraction of sp³-hybridized carbons (Fsp3) is 0.200. The lowest BCUT2D eigenvalue weighted by Gasteiger charge is -2.26. The smallest absolute Gasteiger partial charge is 0.165 e. The fourth-order valence-electron chi connectivity index (χ4n) is 2.09. The van der Waals surface area contributed by atoms with Crippen molar-refractivity contribution in [3.8, 4) is 5.75 Å². The Kier molecular flexibility index (Phi) is 3.72. The van der Waals surface area contributed by atoms with Gasteiger partial charge in [0.2, 0.25) is 0 Å². The highest BCUT2D eigenvalue weighted by molar-refractivity contribution is 5.45. The van der Waals surface area contributed by atoms with E-state index in [0.29, 0.717) is 0 Å². The van der Waals surface area contributed by atoms with Crippen LogP contribution in [0.3, 0.4) is 0 Å². The predicted molar refractivity (Wildman–Crippen MR) is 68.0 cm³/mol. The van der Waals surface area contributed by atoms with Gasteiger partial charge in [-0.25, -0.2) is 13.2 Å². The molecule has 106 valence electrons. The van der Waals surface area contributed by atoms with Gasteiger partial charge in [-0.2, -0.15) is 0 Å². The average molecular weight is 282 g/mol. The maximum atomic E-state index is 13.8. The molecule has 0 bridgehead atoms. The summed E-state index contributed by atoms with van der Waals surface area (Å²) in [6.07, 6.45) is 0. The average Bonchev–Trinajstić information content (AvgIpc) is 2.41. The van der Waals surface area contributed by atoms with Gasteiger partial charge < -0.3 is 9.84 Å². The molecule has 0 fully saturated rings. The predicted octanol–water partition coefficient (Wildman–Crippen LogP) is 3.37. The molecule has 0 spiro atoms. The summed E-state index contributed by atoms with van der Waals surface area (Å²) in [5.74, 6) is -2.69. The number of aliphatic hydroxyl groups is 1. The largest absolute Gasteiger partial charge is 0.496 e. The number of rotatable bonds is 3. The van der Waals surface area contributed by atoms with E-state index in [1.807, 2.05) is 0 Å². The fourth-order valence-corrected chi connectivity index (χ4v) is 2.09. The normalized spacial score (nSPS) is 13.9. The second-order valence-electron chi connectivity index (χ2n) is 4.52. The SMILES string of the molecule is COc1ccc(F)cc1C(C)(O)c1cccc(F)c1F. The van der Waals surface area contributed by atoms with Crippen molar-refractivity contribution < 1.29 is 23.0 Å². The minimum atomic E-state index is -1.93. The van der Waals surface area contributed by atoms with E-state index in [-0.39, 0.29) is 16.9 Å². The van der Waals surface area contributed by atoms with Crippen LogP contribution in [-0.4, -0.2) is 12.2 Å². The quantitative estimate of drug-likeness (QED) is 0.935. The molecule has 0 aliphatic heterocycles. The first-order valence-electron chi connectivity index (χ1n) is 5.88. The van der Waals surface area contributed by atoms with E-state index in [4.69, 9.17) is 4.74 Å². The molecule has 2 aromatic carbocycles. The van der Waals surface area contributed by atoms with Gasteiger partial charge in [0.15, 0.2) is 11.6 Å². The van der Waals surface area contributed by atoms with Crippen molar-refractivity contribution in [1.82, 2.24) is 0 Å². The second kappa shape index (κ2) is 5.17. The lowest BCUT2D eigenvalue weighted by Crippen LogP contribution is -2.25. The van der Waals surface area contributed by atoms with Gasteiger partial charge in [0.05, 0.1) is 7.11 Å². The summed E-state index contributed by atoms with van der Waals surface area (Å²) in [6.45, 7) is 1.25. The summed E-state index contributed by atoms with van der Waals surface area (Å²) in [5, 5.41) is 10.5. The van der Waals surface area contributed by atoms with Crippen LogP contribution in [0.2, 0.25) is 0 Å². The van der Waals surface area contributed by atoms with Gasteiger partial charge >= 0.3 is 0 Å². The lowest BCUT2D eigenvalue weighted by atomic mass is 9.87. The number of hydrogen-bond acceptors (Lipinski definition) is 2. The molecule has 0 aromatic heterocycles. The van der Waals surface area contributed by atoms with Gasteiger partial charge in [-0.3, -0.25) is 0 Å². The molecular formula is C15H13F3O2. The van der Waals surface area contributed by atoms with E-state index in [0.717, 1.165) is 18.2 Å². The number of ether oxygens (including phenoxy) is 1. The van der Waals surface area contributed by atoms with Crippen LogP contribution in [0.25, 0.3) is 0 Å². The summed E-state index contributed by atoms with van der Waals surface area (Å²) in [6, 6.07) is 6.95. The summed E-state index contributed by atoms with van der Waals surface area (Å²) in [5.41, 5.74) is -2.20. The topological polar surface area (TPSA) is 29.5 Å². The summed E-state index contributed by atoms with van der Waals surface area (Å²) >= 11 is 0. The molecule has 0 radical (unpaired) electrons. The Hall–Kier alpha value is -2.01. The molecule has 0 heterocycles. The van der Waals surface area contributed by atoms with Gasteiger partial charge in [-0.1, -0.05) is 12.1 Å². The highest BCUT2D eigenvalue weighted by atomic mass is 19.2. The van der Waals surface area contributed by atoms with E-state index in [1.165, 1.54) is 32.2 Å². The minimum absolute atomic E-state index is 0.0181. The number of hydrogen-bond donors (Lipinski definition) is 1. The molecule has 2 nitrogen and oxygen atoms in total. The van der Waals surface area contributed by atoms with Crippen LogP contribution in [-0.2, 0) is 5.60 Å². The van der Waals surface area contributed by atoms with Crippen LogP contribution in [0.4, 0.5) is 13.2 Å². The molecule has 0 amide bonds. The first-order chi connectivity index (χ1) is 9.37. The van der Waals surface area contributed by atoms with Gasteiger partial charge in [-0.05, 0) is 31.2 Å². The maximum absolute atomic E-state index is 13.8. The van der Waals surface area contributed by atoms with Crippen molar-refractivity contribution in [3.05, 3.63) is 65.0 Å². The minimum Gasteiger partial charge on any atom is -0.496 e.